The Morgan fingerprint density at radius 2 is 1.80 bits per heavy atom. The van der Waals surface area contributed by atoms with E-state index in [1.165, 1.54) is 35.6 Å². The molecule has 4 rings (SSSR count). The highest BCUT2D eigenvalue weighted by Crippen LogP contribution is 2.23. The monoisotopic (exact) mass is 513 g/mol. The molecule has 1 amide bonds. The molecule has 0 bridgehead atoms. The first-order chi connectivity index (χ1) is 16.7. The lowest BCUT2D eigenvalue weighted by atomic mass is 10.1. The van der Waals surface area contributed by atoms with Crippen molar-refractivity contribution >= 4 is 43.2 Å². The highest BCUT2D eigenvalue weighted by atomic mass is 32.2. The van der Waals surface area contributed by atoms with Gasteiger partial charge in [-0.05, 0) is 79.6 Å². The van der Waals surface area contributed by atoms with Crippen LogP contribution in [0.1, 0.15) is 21.5 Å². The molecule has 4 aromatic rings. The number of carbonyl (C=O) groups is 1. The zero-order valence-electron chi connectivity index (χ0n) is 19.4. The Kier molecular flexibility index (Phi) is 7.15. The first-order valence-electron chi connectivity index (χ1n) is 10.7. The third-order valence-corrected chi connectivity index (χ3v) is 7.94. The summed E-state index contributed by atoms with van der Waals surface area (Å²) in [6, 6.07) is 14.7. The van der Waals surface area contributed by atoms with Crippen LogP contribution in [0.3, 0.4) is 0 Å². The maximum absolute atomic E-state index is 13.2. The number of ether oxygens (including phenoxy) is 1. The molecule has 0 fully saturated rings. The van der Waals surface area contributed by atoms with Crippen molar-refractivity contribution < 1.29 is 22.3 Å². The number of rotatable bonds is 7. The van der Waals surface area contributed by atoms with E-state index in [4.69, 9.17) is 4.74 Å². The van der Waals surface area contributed by atoms with Crippen LogP contribution in [0.2, 0.25) is 0 Å². The zero-order chi connectivity index (χ0) is 25.2. The molecule has 1 aromatic heterocycles. The van der Waals surface area contributed by atoms with E-state index in [-0.39, 0.29) is 16.1 Å². The molecule has 7 nitrogen and oxygen atoms in total. The van der Waals surface area contributed by atoms with Gasteiger partial charge in [-0.1, -0.05) is 17.4 Å². The predicted molar refractivity (Wildman–Crippen MR) is 135 cm³/mol. The van der Waals surface area contributed by atoms with Crippen LogP contribution in [-0.2, 0) is 21.3 Å². The van der Waals surface area contributed by atoms with Crippen LogP contribution in [0.15, 0.2) is 70.6 Å². The largest absolute Gasteiger partial charge is 0.383 e. The molecule has 0 atom stereocenters. The highest BCUT2D eigenvalue weighted by Gasteiger charge is 2.16. The van der Waals surface area contributed by atoms with Gasteiger partial charge in [0, 0.05) is 24.9 Å². The fourth-order valence-electron chi connectivity index (χ4n) is 3.50. The number of carbonyl (C=O) groups excluding carboxylic acids is 1. The van der Waals surface area contributed by atoms with Crippen LogP contribution in [-0.4, -0.2) is 32.6 Å². The molecule has 10 heteroatoms. The molecule has 0 saturated carbocycles. The van der Waals surface area contributed by atoms with Crippen molar-refractivity contribution in [1.29, 1.82) is 0 Å². The van der Waals surface area contributed by atoms with E-state index in [0.29, 0.717) is 18.0 Å². The Labute approximate surface area is 206 Å². The number of aromatic nitrogens is 1. The molecule has 0 unspecified atom stereocenters. The Balaban J connectivity index is 1.68. The third kappa shape index (κ3) is 5.50. The van der Waals surface area contributed by atoms with E-state index in [1.807, 2.05) is 18.4 Å². The lowest BCUT2D eigenvalue weighted by Crippen LogP contribution is -2.19. The Morgan fingerprint density at radius 1 is 1.09 bits per heavy atom. The standard InChI is InChI=1S/C25H24FN3O4S2/c1-16-13-22-23(14-17(16)2)34-25(29(22)11-12-33-3)27-24(30)18-5-4-6-20(15-18)28-35(31,32)21-9-7-19(26)8-10-21/h4-10,13-15,28H,11-12H2,1-3H3. The number of benzene rings is 3. The van der Waals surface area contributed by atoms with Gasteiger partial charge in [0.2, 0.25) is 0 Å². The van der Waals surface area contributed by atoms with E-state index in [2.05, 4.69) is 21.8 Å². The summed E-state index contributed by atoms with van der Waals surface area (Å²) in [5.74, 6) is -1.04. The molecule has 1 N–H and O–H groups in total. The van der Waals surface area contributed by atoms with Crippen LogP contribution >= 0.6 is 11.3 Å². The molecule has 0 aliphatic heterocycles. The molecule has 182 valence electrons. The number of anilines is 1. The van der Waals surface area contributed by atoms with Gasteiger partial charge < -0.3 is 9.30 Å². The van der Waals surface area contributed by atoms with Crippen LogP contribution in [0.25, 0.3) is 10.2 Å². The van der Waals surface area contributed by atoms with E-state index < -0.39 is 21.7 Å². The van der Waals surface area contributed by atoms with Gasteiger partial charge in [0.15, 0.2) is 4.80 Å². The Bertz CT molecular complexity index is 1570. The molecular weight excluding hydrogens is 489 g/mol. The second-order valence-corrected chi connectivity index (χ2v) is 10.7. The van der Waals surface area contributed by atoms with Crippen molar-refractivity contribution in [2.45, 2.75) is 25.3 Å². The van der Waals surface area contributed by atoms with E-state index in [1.54, 1.807) is 19.2 Å². The molecule has 0 spiro atoms. The summed E-state index contributed by atoms with van der Waals surface area (Å²) in [6.07, 6.45) is 0. The van der Waals surface area contributed by atoms with Gasteiger partial charge in [0.05, 0.1) is 21.7 Å². The Morgan fingerprint density at radius 3 is 2.51 bits per heavy atom. The summed E-state index contributed by atoms with van der Waals surface area (Å²) in [6.45, 7) is 5.06. The minimum atomic E-state index is -3.95. The number of halogens is 1. The first kappa shape index (κ1) is 24.8. The smallest absolute Gasteiger partial charge is 0.279 e. The fraction of sp³-hybridized carbons (Fsp3) is 0.200. The van der Waals surface area contributed by atoms with Crippen molar-refractivity contribution in [3.05, 3.63) is 88.0 Å². The van der Waals surface area contributed by atoms with Gasteiger partial charge in [-0.3, -0.25) is 9.52 Å². The lowest BCUT2D eigenvalue weighted by Gasteiger charge is -2.09. The number of thiazole rings is 1. The molecule has 0 aliphatic rings. The van der Waals surface area contributed by atoms with E-state index in [9.17, 15) is 17.6 Å². The van der Waals surface area contributed by atoms with Gasteiger partial charge in [-0.15, -0.1) is 0 Å². The van der Waals surface area contributed by atoms with Gasteiger partial charge in [0.25, 0.3) is 15.9 Å². The molecular formula is C25H24FN3O4S2. The average molecular weight is 514 g/mol. The summed E-state index contributed by atoms with van der Waals surface area (Å²) < 4.78 is 49.0. The summed E-state index contributed by atoms with van der Waals surface area (Å²) in [5, 5.41) is 0. The van der Waals surface area contributed by atoms with Crippen LogP contribution in [0.4, 0.5) is 10.1 Å². The van der Waals surface area contributed by atoms with Crippen molar-refractivity contribution in [3.8, 4) is 0 Å². The van der Waals surface area contributed by atoms with Crippen LogP contribution < -0.4 is 9.52 Å². The average Bonchev–Trinajstić information content (AvgIpc) is 3.13. The number of nitrogens with zero attached hydrogens (tertiary/aromatic N) is 2. The predicted octanol–water partition coefficient (Wildman–Crippen LogP) is 4.65. The second kappa shape index (κ2) is 10.1. The SMILES string of the molecule is COCCn1c(=NC(=O)c2cccc(NS(=O)(=O)c3ccc(F)cc3)c2)sc2cc(C)c(C)cc21. The van der Waals surface area contributed by atoms with Crippen LogP contribution in [0, 0.1) is 19.7 Å². The molecule has 0 radical (unpaired) electrons. The minimum Gasteiger partial charge on any atom is -0.383 e. The fourth-order valence-corrected chi connectivity index (χ4v) is 5.68. The maximum atomic E-state index is 13.2. The summed E-state index contributed by atoms with van der Waals surface area (Å²) >= 11 is 1.41. The number of amides is 1. The van der Waals surface area contributed by atoms with Crippen molar-refractivity contribution in [2.75, 3.05) is 18.4 Å². The number of aryl methyl sites for hydroxylation is 2. The highest BCUT2D eigenvalue weighted by molar-refractivity contribution is 7.92. The maximum Gasteiger partial charge on any atom is 0.279 e. The number of hydrogen-bond acceptors (Lipinski definition) is 5. The topological polar surface area (TPSA) is 89.8 Å². The lowest BCUT2D eigenvalue weighted by molar-refractivity contribution is 0.0997. The molecule has 3 aromatic carbocycles. The zero-order valence-corrected chi connectivity index (χ0v) is 21.0. The van der Waals surface area contributed by atoms with Crippen molar-refractivity contribution in [3.63, 3.8) is 0 Å². The number of nitrogens with one attached hydrogen (secondary N) is 1. The van der Waals surface area contributed by atoms with Gasteiger partial charge in [0.1, 0.15) is 5.82 Å². The van der Waals surface area contributed by atoms with Crippen molar-refractivity contribution in [1.82, 2.24) is 4.57 Å². The number of hydrogen-bond donors (Lipinski definition) is 1. The minimum absolute atomic E-state index is 0.0876. The normalized spacial score (nSPS) is 12.3. The summed E-state index contributed by atoms with van der Waals surface area (Å²) in [7, 11) is -2.33. The molecule has 0 aliphatic carbocycles. The van der Waals surface area contributed by atoms with Crippen molar-refractivity contribution in [2.24, 2.45) is 4.99 Å². The van der Waals surface area contributed by atoms with E-state index >= 15 is 0 Å². The number of methoxy groups -OCH3 is 1. The van der Waals surface area contributed by atoms with Gasteiger partial charge in [-0.25, -0.2) is 12.8 Å². The summed E-state index contributed by atoms with van der Waals surface area (Å²) in [5.41, 5.74) is 3.69. The third-order valence-electron chi connectivity index (χ3n) is 5.50. The number of sulfonamides is 1. The number of fused-ring (bicyclic) bond motifs is 1. The Hall–Kier alpha value is -3.34. The quantitative estimate of drug-likeness (QED) is 0.390. The molecule has 35 heavy (non-hydrogen) atoms. The van der Waals surface area contributed by atoms with Crippen LogP contribution in [0.5, 0.6) is 0 Å². The van der Waals surface area contributed by atoms with E-state index in [0.717, 1.165) is 33.5 Å². The first-order valence-corrected chi connectivity index (χ1v) is 13.0. The van der Waals surface area contributed by atoms with Gasteiger partial charge in [-0.2, -0.15) is 4.99 Å². The molecule has 0 saturated heterocycles. The second-order valence-electron chi connectivity index (χ2n) is 7.99. The van der Waals surface area contributed by atoms with Gasteiger partial charge >= 0.3 is 0 Å². The summed E-state index contributed by atoms with van der Waals surface area (Å²) in [4.78, 5) is 17.8. The molecule has 1 heterocycles.